The fraction of sp³-hybridized carbons (Fsp3) is 0.217. The lowest BCUT2D eigenvalue weighted by molar-refractivity contribution is 0.0475. The molecule has 158 valence electrons. The molecule has 0 radical (unpaired) electrons. The molecule has 0 N–H and O–H groups in total. The Morgan fingerprint density at radius 2 is 1.90 bits per heavy atom. The van der Waals surface area contributed by atoms with E-state index in [1.807, 2.05) is 6.92 Å². The molecule has 0 aliphatic heterocycles. The third kappa shape index (κ3) is 3.61. The average Bonchev–Trinajstić information content (AvgIpc) is 3.23. The minimum atomic E-state index is -0.658. The number of esters is 1. The van der Waals surface area contributed by atoms with E-state index >= 15 is 0 Å². The van der Waals surface area contributed by atoms with Crippen LogP contribution in [0.5, 0.6) is 0 Å². The van der Waals surface area contributed by atoms with Crippen molar-refractivity contribution in [2.45, 2.75) is 27.7 Å². The maximum absolute atomic E-state index is 14.0. The number of aromatic nitrogens is 4. The van der Waals surface area contributed by atoms with Gasteiger partial charge in [0.15, 0.2) is 12.3 Å². The van der Waals surface area contributed by atoms with Crippen molar-refractivity contribution in [3.05, 3.63) is 82.3 Å². The summed E-state index contributed by atoms with van der Waals surface area (Å²) in [7, 11) is 0. The van der Waals surface area contributed by atoms with E-state index in [0.717, 1.165) is 5.69 Å². The lowest BCUT2D eigenvalue weighted by Crippen LogP contribution is -2.15. The maximum Gasteiger partial charge on any atom is 0.344 e. The van der Waals surface area contributed by atoms with Gasteiger partial charge < -0.3 is 9.30 Å². The summed E-state index contributed by atoms with van der Waals surface area (Å²) in [5.41, 5.74) is 4.09. The molecule has 7 nitrogen and oxygen atoms in total. The van der Waals surface area contributed by atoms with Crippen LogP contribution in [0.2, 0.25) is 0 Å². The van der Waals surface area contributed by atoms with Crippen LogP contribution in [-0.4, -0.2) is 37.5 Å². The molecule has 0 aliphatic carbocycles. The van der Waals surface area contributed by atoms with Crippen molar-refractivity contribution in [2.24, 2.45) is 0 Å². The second kappa shape index (κ2) is 7.79. The van der Waals surface area contributed by atoms with E-state index in [4.69, 9.17) is 4.74 Å². The summed E-state index contributed by atoms with van der Waals surface area (Å²) < 4.78 is 22.6. The number of carbonyl (C=O) groups excluding carboxylic acids is 2. The number of carbonyl (C=O) groups is 2. The average molecular weight is 420 g/mol. The molecule has 3 heterocycles. The molecule has 0 saturated heterocycles. The smallest absolute Gasteiger partial charge is 0.344 e. The van der Waals surface area contributed by atoms with Crippen molar-refractivity contribution >= 4 is 17.4 Å². The SMILES string of the molecule is Cc1ccc(-n2c(C)cc(C(=O)COC(=O)c3c(C)nn4cccnc34)c2C)cc1F. The van der Waals surface area contributed by atoms with Gasteiger partial charge in [0.25, 0.3) is 0 Å². The fourth-order valence-corrected chi connectivity index (χ4v) is 3.68. The van der Waals surface area contributed by atoms with E-state index in [0.29, 0.717) is 33.8 Å². The molecule has 4 aromatic rings. The number of ether oxygens (including phenoxy) is 1. The summed E-state index contributed by atoms with van der Waals surface area (Å²) in [6, 6.07) is 8.34. The van der Waals surface area contributed by atoms with Crippen LogP contribution in [0.4, 0.5) is 4.39 Å². The number of nitrogens with zero attached hydrogens (tertiary/aromatic N) is 4. The monoisotopic (exact) mass is 420 g/mol. The summed E-state index contributed by atoms with van der Waals surface area (Å²) in [5, 5.41) is 4.23. The summed E-state index contributed by atoms with van der Waals surface area (Å²) in [6.07, 6.45) is 3.24. The van der Waals surface area contributed by atoms with Crippen LogP contribution in [0.3, 0.4) is 0 Å². The number of aryl methyl sites for hydroxylation is 3. The van der Waals surface area contributed by atoms with Crippen molar-refractivity contribution in [1.29, 1.82) is 0 Å². The normalized spacial score (nSPS) is 11.1. The van der Waals surface area contributed by atoms with Crippen LogP contribution in [0.25, 0.3) is 11.3 Å². The topological polar surface area (TPSA) is 78.5 Å². The Hall–Kier alpha value is -3.81. The first-order valence-corrected chi connectivity index (χ1v) is 9.73. The predicted molar refractivity (Wildman–Crippen MR) is 112 cm³/mol. The zero-order valence-corrected chi connectivity index (χ0v) is 17.6. The van der Waals surface area contributed by atoms with E-state index in [-0.39, 0.29) is 17.2 Å². The molecule has 0 fully saturated rings. The first kappa shape index (κ1) is 20.5. The molecule has 0 atom stereocenters. The fourth-order valence-electron chi connectivity index (χ4n) is 3.68. The Morgan fingerprint density at radius 1 is 1.13 bits per heavy atom. The van der Waals surface area contributed by atoms with Gasteiger partial charge in [-0.3, -0.25) is 4.79 Å². The Labute approximate surface area is 178 Å². The van der Waals surface area contributed by atoms with E-state index in [1.165, 1.54) is 10.6 Å². The molecule has 0 amide bonds. The Bertz CT molecular complexity index is 1340. The highest BCUT2D eigenvalue weighted by Crippen LogP contribution is 2.23. The van der Waals surface area contributed by atoms with Gasteiger partial charge in [0.2, 0.25) is 5.78 Å². The van der Waals surface area contributed by atoms with E-state index in [1.54, 1.807) is 62.0 Å². The molecule has 4 rings (SSSR count). The summed E-state index contributed by atoms with van der Waals surface area (Å²) in [5.74, 6) is -1.32. The van der Waals surface area contributed by atoms with Gasteiger partial charge in [-0.2, -0.15) is 5.10 Å². The third-order valence-electron chi connectivity index (χ3n) is 5.25. The molecule has 31 heavy (non-hydrogen) atoms. The van der Waals surface area contributed by atoms with Crippen molar-refractivity contribution in [3.8, 4) is 5.69 Å². The molecular formula is C23H21FN4O3. The zero-order chi connectivity index (χ0) is 22.3. The van der Waals surface area contributed by atoms with Crippen molar-refractivity contribution in [1.82, 2.24) is 19.2 Å². The number of hydrogen-bond donors (Lipinski definition) is 0. The molecule has 0 bridgehead atoms. The third-order valence-corrected chi connectivity index (χ3v) is 5.25. The van der Waals surface area contributed by atoms with Gasteiger partial charge >= 0.3 is 5.97 Å². The first-order chi connectivity index (χ1) is 14.8. The van der Waals surface area contributed by atoms with Gasteiger partial charge in [0.1, 0.15) is 11.4 Å². The van der Waals surface area contributed by atoms with Crippen LogP contribution >= 0.6 is 0 Å². The number of halogens is 1. The number of ketones is 1. The van der Waals surface area contributed by atoms with Gasteiger partial charge in [-0.25, -0.2) is 18.7 Å². The molecule has 0 unspecified atom stereocenters. The highest BCUT2D eigenvalue weighted by molar-refractivity contribution is 6.02. The van der Waals surface area contributed by atoms with Crippen molar-refractivity contribution in [2.75, 3.05) is 6.61 Å². The van der Waals surface area contributed by atoms with Gasteiger partial charge in [-0.1, -0.05) is 6.07 Å². The largest absolute Gasteiger partial charge is 0.454 e. The summed E-state index contributed by atoms with van der Waals surface area (Å²) >= 11 is 0. The molecule has 0 saturated carbocycles. The minimum Gasteiger partial charge on any atom is -0.454 e. The molecule has 0 aliphatic rings. The molecule has 1 aromatic carbocycles. The standard InChI is InChI=1S/C23H21FN4O3/c1-13-6-7-17(11-19(13)24)28-14(2)10-18(16(28)4)20(29)12-31-23(30)21-15(3)26-27-9-5-8-25-22(21)27/h5-11H,12H2,1-4H3. The van der Waals surface area contributed by atoms with Gasteiger partial charge in [-0.15, -0.1) is 0 Å². The van der Waals surface area contributed by atoms with Crippen molar-refractivity contribution in [3.63, 3.8) is 0 Å². The highest BCUT2D eigenvalue weighted by atomic mass is 19.1. The van der Waals surface area contributed by atoms with Gasteiger partial charge in [0, 0.05) is 35.0 Å². The molecule has 3 aromatic heterocycles. The highest BCUT2D eigenvalue weighted by Gasteiger charge is 2.22. The van der Waals surface area contributed by atoms with E-state index in [9.17, 15) is 14.0 Å². The van der Waals surface area contributed by atoms with Crippen molar-refractivity contribution < 1.29 is 18.7 Å². The second-order valence-corrected chi connectivity index (χ2v) is 7.40. The number of Topliss-reactive ketones (excluding diaryl/α,β-unsaturated/α-hetero) is 1. The van der Waals surface area contributed by atoms with Crippen LogP contribution < -0.4 is 0 Å². The van der Waals surface area contributed by atoms with Crippen LogP contribution in [0.15, 0.2) is 42.7 Å². The van der Waals surface area contributed by atoms with Crippen LogP contribution in [0.1, 0.15) is 43.4 Å². The zero-order valence-electron chi connectivity index (χ0n) is 17.6. The van der Waals surface area contributed by atoms with Crippen LogP contribution in [-0.2, 0) is 4.74 Å². The number of rotatable bonds is 5. The molecular weight excluding hydrogens is 399 g/mol. The maximum atomic E-state index is 14.0. The Balaban J connectivity index is 1.56. The Kier molecular flexibility index (Phi) is 5.14. The number of fused-ring (bicyclic) bond motifs is 1. The summed E-state index contributed by atoms with van der Waals surface area (Å²) in [6.45, 7) is 6.57. The number of benzene rings is 1. The quantitative estimate of drug-likeness (QED) is 0.361. The summed E-state index contributed by atoms with van der Waals surface area (Å²) in [4.78, 5) is 29.6. The number of hydrogen-bond acceptors (Lipinski definition) is 5. The predicted octanol–water partition coefficient (Wildman–Crippen LogP) is 3.93. The van der Waals surface area contributed by atoms with Crippen LogP contribution in [0, 0.1) is 33.5 Å². The lowest BCUT2D eigenvalue weighted by atomic mass is 10.1. The van der Waals surface area contributed by atoms with Gasteiger partial charge in [-0.05, 0) is 57.5 Å². The second-order valence-electron chi connectivity index (χ2n) is 7.40. The van der Waals surface area contributed by atoms with Gasteiger partial charge in [0.05, 0.1) is 5.69 Å². The first-order valence-electron chi connectivity index (χ1n) is 9.73. The minimum absolute atomic E-state index is 0.231. The van der Waals surface area contributed by atoms with E-state index < -0.39 is 12.6 Å². The van der Waals surface area contributed by atoms with E-state index in [2.05, 4.69) is 10.1 Å². The Morgan fingerprint density at radius 3 is 2.65 bits per heavy atom. The lowest BCUT2D eigenvalue weighted by Gasteiger charge is -2.11. The molecule has 0 spiro atoms. The molecule has 8 heteroatoms.